The van der Waals surface area contributed by atoms with Gasteiger partial charge in [-0.2, -0.15) is 0 Å². The summed E-state index contributed by atoms with van der Waals surface area (Å²) in [6.07, 6.45) is 1.13. The molecule has 0 aliphatic heterocycles. The SMILES string of the molecule is CC(C)CC(NC(=O)C(N)CC(=O)O)C(=O)NC(CCCCN)C(=O)NC(CCCN=C(N)N)C(=O)O. The minimum atomic E-state index is -1.36. The maximum absolute atomic E-state index is 13.1. The number of carboxylic acids is 2. The fraction of sp³-hybridized carbons (Fsp3) is 0.727. The van der Waals surface area contributed by atoms with Crippen molar-refractivity contribution in [1.82, 2.24) is 16.0 Å². The molecule has 0 aliphatic rings. The topological polar surface area (TPSA) is 278 Å². The zero-order valence-corrected chi connectivity index (χ0v) is 21.4. The van der Waals surface area contributed by atoms with Gasteiger partial charge in [-0.1, -0.05) is 13.8 Å². The van der Waals surface area contributed by atoms with Gasteiger partial charge in [0.05, 0.1) is 12.5 Å². The monoisotopic (exact) mass is 530 g/mol. The number of carbonyl (C=O) groups is 5. The van der Waals surface area contributed by atoms with Gasteiger partial charge in [0.15, 0.2) is 5.96 Å². The van der Waals surface area contributed by atoms with Crippen LogP contribution in [0.25, 0.3) is 0 Å². The fourth-order valence-electron chi connectivity index (χ4n) is 3.33. The largest absolute Gasteiger partial charge is 0.481 e. The first-order valence-electron chi connectivity index (χ1n) is 12.1. The number of aliphatic imine (C=N–C) groups is 1. The Bertz CT molecular complexity index is 802. The molecular formula is C22H42N8O7. The first kappa shape index (κ1) is 33.5. The highest BCUT2D eigenvalue weighted by Crippen LogP contribution is 2.09. The van der Waals surface area contributed by atoms with Crippen LogP contribution in [0.5, 0.6) is 0 Å². The van der Waals surface area contributed by atoms with Crippen LogP contribution in [0.3, 0.4) is 0 Å². The number of amides is 3. The normalized spacial score (nSPS) is 14.1. The molecule has 4 atom stereocenters. The smallest absolute Gasteiger partial charge is 0.326 e. The van der Waals surface area contributed by atoms with Crippen molar-refractivity contribution in [3.05, 3.63) is 0 Å². The highest BCUT2D eigenvalue weighted by Gasteiger charge is 2.30. The van der Waals surface area contributed by atoms with Gasteiger partial charge in [-0.15, -0.1) is 0 Å². The van der Waals surface area contributed by atoms with Crippen molar-refractivity contribution in [1.29, 1.82) is 0 Å². The maximum Gasteiger partial charge on any atom is 0.326 e. The molecule has 3 amide bonds. The van der Waals surface area contributed by atoms with E-state index in [-0.39, 0.29) is 37.7 Å². The van der Waals surface area contributed by atoms with Crippen LogP contribution in [0.15, 0.2) is 4.99 Å². The van der Waals surface area contributed by atoms with E-state index in [2.05, 4.69) is 20.9 Å². The van der Waals surface area contributed by atoms with Gasteiger partial charge < -0.3 is 49.1 Å². The lowest BCUT2D eigenvalue weighted by atomic mass is 10.0. The lowest BCUT2D eigenvalue weighted by Crippen LogP contribution is -2.57. The molecule has 0 aromatic carbocycles. The molecule has 37 heavy (non-hydrogen) atoms. The Labute approximate surface area is 216 Å². The first-order valence-corrected chi connectivity index (χ1v) is 12.1. The zero-order valence-electron chi connectivity index (χ0n) is 21.4. The summed E-state index contributed by atoms with van der Waals surface area (Å²) in [7, 11) is 0. The van der Waals surface area contributed by atoms with Gasteiger partial charge in [-0.25, -0.2) is 4.79 Å². The standard InChI is InChI=1S/C22H42N8O7/c1-12(2)10-16(30-18(33)13(24)11-17(31)32)20(35)28-14(6-3-4-8-23)19(34)29-15(21(36)37)7-5-9-27-22(25)26/h12-16H,3-11,23-24H2,1-2H3,(H,28,35)(H,29,34)(H,30,33)(H,31,32)(H,36,37)(H4,25,26,27). The predicted molar refractivity (Wildman–Crippen MR) is 136 cm³/mol. The highest BCUT2D eigenvalue weighted by molar-refractivity contribution is 5.94. The summed E-state index contributed by atoms with van der Waals surface area (Å²) in [5, 5.41) is 25.8. The van der Waals surface area contributed by atoms with E-state index in [9.17, 15) is 29.1 Å². The van der Waals surface area contributed by atoms with Gasteiger partial charge in [0.2, 0.25) is 17.7 Å². The Morgan fingerprint density at radius 1 is 0.811 bits per heavy atom. The van der Waals surface area contributed by atoms with Crippen LogP contribution in [0, 0.1) is 5.92 Å². The van der Waals surface area contributed by atoms with E-state index < -0.39 is 60.2 Å². The average molecular weight is 531 g/mol. The molecule has 0 saturated heterocycles. The molecule has 212 valence electrons. The second kappa shape index (κ2) is 17.9. The number of hydrogen-bond acceptors (Lipinski definition) is 8. The quantitative estimate of drug-likeness (QED) is 0.0480. The first-order chi connectivity index (χ1) is 17.3. The van der Waals surface area contributed by atoms with E-state index in [0.29, 0.717) is 25.8 Å². The van der Waals surface area contributed by atoms with E-state index in [0.717, 1.165) is 0 Å². The predicted octanol–water partition coefficient (Wildman–Crippen LogP) is -2.44. The Morgan fingerprint density at radius 3 is 1.86 bits per heavy atom. The number of nitrogens with two attached hydrogens (primary N) is 4. The van der Waals surface area contributed by atoms with Crippen LogP contribution < -0.4 is 38.9 Å². The average Bonchev–Trinajstić information content (AvgIpc) is 2.78. The van der Waals surface area contributed by atoms with Gasteiger partial charge >= 0.3 is 11.9 Å². The minimum absolute atomic E-state index is 0.0436. The third kappa shape index (κ3) is 15.3. The third-order valence-electron chi connectivity index (χ3n) is 5.21. The number of carboxylic acid groups (broad SMARTS) is 2. The minimum Gasteiger partial charge on any atom is -0.481 e. The Hall–Kier alpha value is -3.46. The molecule has 13 N–H and O–H groups in total. The summed E-state index contributed by atoms with van der Waals surface area (Å²) in [4.78, 5) is 64.6. The number of nitrogens with one attached hydrogen (secondary N) is 3. The van der Waals surface area contributed by atoms with Crippen molar-refractivity contribution in [2.45, 2.75) is 83.0 Å². The van der Waals surface area contributed by atoms with E-state index >= 15 is 0 Å². The van der Waals surface area contributed by atoms with Crippen molar-refractivity contribution < 1.29 is 34.2 Å². The zero-order chi connectivity index (χ0) is 28.5. The van der Waals surface area contributed by atoms with Gasteiger partial charge in [-0.05, 0) is 51.0 Å². The Balaban J connectivity index is 5.51. The molecule has 0 fully saturated rings. The molecule has 0 bridgehead atoms. The molecule has 0 aliphatic carbocycles. The van der Waals surface area contributed by atoms with Crippen molar-refractivity contribution in [3.8, 4) is 0 Å². The molecule has 4 unspecified atom stereocenters. The molecule has 15 nitrogen and oxygen atoms in total. The summed E-state index contributed by atoms with van der Waals surface area (Å²) < 4.78 is 0. The van der Waals surface area contributed by atoms with Crippen LogP contribution in [-0.2, 0) is 24.0 Å². The Morgan fingerprint density at radius 2 is 1.35 bits per heavy atom. The molecule has 0 heterocycles. The fourth-order valence-corrected chi connectivity index (χ4v) is 3.33. The number of carbonyl (C=O) groups excluding carboxylic acids is 3. The second-order valence-electron chi connectivity index (χ2n) is 9.09. The molecule has 0 saturated carbocycles. The van der Waals surface area contributed by atoms with Gasteiger partial charge in [0, 0.05) is 6.54 Å². The van der Waals surface area contributed by atoms with E-state index in [1.54, 1.807) is 0 Å². The van der Waals surface area contributed by atoms with Crippen LogP contribution >= 0.6 is 0 Å². The number of rotatable bonds is 19. The van der Waals surface area contributed by atoms with E-state index in [1.165, 1.54) is 0 Å². The summed E-state index contributed by atoms with van der Waals surface area (Å²) in [5.41, 5.74) is 21.6. The molecule has 0 aromatic heterocycles. The lowest BCUT2D eigenvalue weighted by molar-refractivity contribution is -0.142. The summed E-state index contributed by atoms with van der Waals surface area (Å²) in [6.45, 7) is 4.17. The number of unbranched alkanes of at least 4 members (excludes halogenated alkanes) is 1. The van der Waals surface area contributed by atoms with Gasteiger partial charge in [0.25, 0.3) is 0 Å². The summed E-state index contributed by atoms with van der Waals surface area (Å²) in [5.74, 6) is -4.92. The molecular weight excluding hydrogens is 488 g/mol. The van der Waals surface area contributed by atoms with Crippen LogP contribution in [0.2, 0.25) is 0 Å². The number of guanidine groups is 1. The van der Waals surface area contributed by atoms with Crippen molar-refractivity contribution in [2.24, 2.45) is 33.8 Å². The number of hydrogen-bond donors (Lipinski definition) is 9. The Kier molecular flexibility index (Phi) is 16.2. The molecule has 0 aromatic rings. The van der Waals surface area contributed by atoms with Crippen LogP contribution in [-0.4, -0.2) is 83.1 Å². The van der Waals surface area contributed by atoms with Crippen LogP contribution in [0.1, 0.15) is 58.8 Å². The van der Waals surface area contributed by atoms with Gasteiger partial charge in [-0.3, -0.25) is 24.2 Å². The molecule has 0 spiro atoms. The molecule has 15 heteroatoms. The molecule has 0 radical (unpaired) electrons. The second-order valence-corrected chi connectivity index (χ2v) is 9.09. The lowest BCUT2D eigenvalue weighted by Gasteiger charge is -2.26. The summed E-state index contributed by atoms with van der Waals surface area (Å²) in [6, 6.07) is -4.79. The van der Waals surface area contributed by atoms with Crippen LogP contribution in [0.4, 0.5) is 0 Å². The van der Waals surface area contributed by atoms with Crippen molar-refractivity contribution in [3.63, 3.8) is 0 Å². The number of nitrogens with zero attached hydrogens (tertiary/aromatic N) is 1. The highest BCUT2D eigenvalue weighted by atomic mass is 16.4. The maximum atomic E-state index is 13.1. The van der Waals surface area contributed by atoms with E-state index in [4.69, 9.17) is 28.0 Å². The summed E-state index contributed by atoms with van der Waals surface area (Å²) >= 11 is 0. The number of aliphatic carboxylic acids is 2. The molecule has 0 rings (SSSR count). The van der Waals surface area contributed by atoms with Crippen molar-refractivity contribution >= 4 is 35.6 Å². The van der Waals surface area contributed by atoms with Gasteiger partial charge in [0.1, 0.15) is 18.1 Å². The van der Waals surface area contributed by atoms with Crippen molar-refractivity contribution in [2.75, 3.05) is 13.1 Å². The third-order valence-corrected chi connectivity index (χ3v) is 5.21. The van der Waals surface area contributed by atoms with E-state index in [1.807, 2.05) is 13.8 Å².